The number of hydrogen-bond acceptors (Lipinski definition) is 3. The Morgan fingerprint density at radius 1 is 1.21 bits per heavy atom. The summed E-state index contributed by atoms with van der Waals surface area (Å²) in [6.45, 7) is 3.03. The van der Waals surface area contributed by atoms with Gasteiger partial charge in [-0.05, 0) is 37.4 Å². The molecule has 1 N–H and O–H groups in total. The molecular formula is C15H24ClNO2. The van der Waals surface area contributed by atoms with Crippen molar-refractivity contribution in [2.75, 3.05) is 40.5 Å². The fraction of sp³-hybridized carbons (Fsp3) is 0.600. The number of rotatable bonds is 10. The standard InChI is InChI=1S/C15H24ClNO2/c1-17-12-13(6-5-9-19-11-10-18-2)14-7-3-4-8-15(14)16/h3-4,7-8,13,17H,5-6,9-12H2,1-2H3. The quantitative estimate of drug-likeness (QED) is 0.670. The number of nitrogens with one attached hydrogen (secondary N) is 1. The summed E-state index contributed by atoms with van der Waals surface area (Å²) in [5.74, 6) is 0.435. The van der Waals surface area contributed by atoms with Crippen LogP contribution in [0.25, 0.3) is 0 Å². The van der Waals surface area contributed by atoms with E-state index in [2.05, 4.69) is 11.4 Å². The molecule has 0 spiro atoms. The lowest BCUT2D eigenvalue weighted by molar-refractivity contribution is 0.0681. The summed E-state index contributed by atoms with van der Waals surface area (Å²) in [5, 5.41) is 4.09. The number of ether oxygens (including phenoxy) is 2. The first kappa shape index (κ1) is 16.4. The van der Waals surface area contributed by atoms with Crippen LogP contribution >= 0.6 is 11.6 Å². The second kappa shape index (κ2) is 10.2. The van der Waals surface area contributed by atoms with Crippen LogP contribution in [0.3, 0.4) is 0 Å². The molecule has 3 nitrogen and oxygen atoms in total. The van der Waals surface area contributed by atoms with Gasteiger partial charge in [0.2, 0.25) is 0 Å². The summed E-state index contributed by atoms with van der Waals surface area (Å²) in [6, 6.07) is 8.07. The zero-order valence-corrected chi connectivity index (χ0v) is 12.6. The smallest absolute Gasteiger partial charge is 0.0700 e. The fourth-order valence-electron chi connectivity index (χ4n) is 2.10. The van der Waals surface area contributed by atoms with Gasteiger partial charge in [-0.1, -0.05) is 29.8 Å². The molecule has 1 rings (SSSR count). The zero-order valence-electron chi connectivity index (χ0n) is 11.8. The second-order valence-corrected chi connectivity index (χ2v) is 4.93. The Hall–Kier alpha value is -0.610. The molecule has 1 aromatic rings. The first-order valence-corrected chi connectivity index (χ1v) is 7.13. The van der Waals surface area contributed by atoms with E-state index in [-0.39, 0.29) is 0 Å². The maximum atomic E-state index is 6.26. The Morgan fingerprint density at radius 2 is 2.00 bits per heavy atom. The van der Waals surface area contributed by atoms with E-state index in [0.29, 0.717) is 19.1 Å². The number of methoxy groups -OCH3 is 1. The van der Waals surface area contributed by atoms with E-state index in [1.165, 1.54) is 5.56 Å². The van der Waals surface area contributed by atoms with Gasteiger partial charge in [0.25, 0.3) is 0 Å². The van der Waals surface area contributed by atoms with Crippen LogP contribution in [0.15, 0.2) is 24.3 Å². The molecule has 0 aromatic heterocycles. The number of likely N-dealkylation sites (N-methyl/N-ethyl adjacent to an activating group) is 1. The molecule has 1 atom stereocenters. The first-order valence-electron chi connectivity index (χ1n) is 6.75. The highest BCUT2D eigenvalue weighted by molar-refractivity contribution is 6.31. The lowest BCUT2D eigenvalue weighted by Crippen LogP contribution is -2.18. The minimum Gasteiger partial charge on any atom is -0.382 e. The second-order valence-electron chi connectivity index (χ2n) is 4.52. The van der Waals surface area contributed by atoms with Gasteiger partial charge < -0.3 is 14.8 Å². The minimum absolute atomic E-state index is 0.435. The molecule has 0 fully saturated rings. The van der Waals surface area contributed by atoms with E-state index in [1.54, 1.807) is 7.11 Å². The molecule has 0 bridgehead atoms. The molecule has 0 saturated heterocycles. The van der Waals surface area contributed by atoms with Crippen LogP contribution in [-0.4, -0.2) is 40.5 Å². The lowest BCUT2D eigenvalue weighted by Gasteiger charge is -2.18. The Morgan fingerprint density at radius 3 is 2.68 bits per heavy atom. The first-order chi connectivity index (χ1) is 9.29. The van der Waals surface area contributed by atoms with E-state index < -0.39 is 0 Å². The molecule has 1 aromatic carbocycles. The Labute approximate surface area is 121 Å². The number of benzene rings is 1. The fourth-order valence-corrected chi connectivity index (χ4v) is 2.39. The summed E-state index contributed by atoms with van der Waals surface area (Å²) in [5.41, 5.74) is 1.22. The van der Waals surface area contributed by atoms with Crippen LogP contribution in [0.1, 0.15) is 24.3 Å². The van der Waals surface area contributed by atoms with Gasteiger partial charge in [0.1, 0.15) is 0 Å². The van der Waals surface area contributed by atoms with Crippen LogP contribution in [0, 0.1) is 0 Å². The molecule has 19 heavy (non-hydrogen) atoms. The van der Waals surface area contributed by atoms with Crippen molar-refractivity contribution in [2.24, 2.45) is 0 Å². The van der Waals surface area contributed by atoms with E-state index >= 15 is 0 Å². The van der Waals surface area contributed by atoms with Crippen molar-refractivity contribution in [1.82, 2.24) is 5.32 Å². The highest BCUT2D eigenvalue weighted by Crippen LogP contribution is 2.27. The summed E-state index contributed by atoms with van der Waals surface area (Å²) in [4.78, 5) is 0. The molecule has 4 heteroatoms. The molecular weight excluding hydrogens is 262 g/mol. The van der Waals surface area contributed by atoms with E-state index in [9.17, 15) is 0 Å². The Bertz CT molecular complexity index is 347. The molecule has 1 unspecified atom stereocenters. The van der Waals surface area contributed by atoms with Gasteiger partial charge in [-0.2, -0.15) is 0 Å². The highest BCUT2D eigenvalue weighted by atomic mass is 35.5. The molecule has 0 aliphatic carbocycles. The summed E-state index contributed by atoms with van der Waals surface area (Å²) < 4.78 is 10.4. The van der Waals surface area contributed by atoms with Crippen LogP contribution in [0.4, 0.5) is 0 Å². The average Bonchev–Trinajstić information content (AvgIpc) is 2.42. The normalized spacial score (nSPS) is 12.6. The summed E-state index contributed by atoms with van der Waals surface area (Å²) in [7, 11) is 3.66. The van der Waals surface area contributed by atoms with E-state index in [1.807, 2.05) is 25.2 Å². The van der Waals surface area contributed by atoms with Gasteiger partial charge in [-0.3, -0.25) is 0 Å². The zero-order chi connectivity index (χ0) is 13.9. The summed E-state index contributed by atoms with van der Waals surface area (Å²) >= 11 is 6.26. The maximum Gasteiger partial charge on any atom is 0.0700 e. The number of hydrogen-bond donors (Lipinski definition) is 1. The van der Waals surface area contributed by atoms with E-state index in [0.717, 1.165) is 31.0 Å². The Kier molecular flexibility index (Phi) is 8.84. The van der Waals surface area contributed by atoms with Gasteiger partial charge >= 0.3 is 0 Å². The lowest BCUT2D eigenvalue weighted by atomic mass is 9.94. The Balaban J connectivity index is 2.39. The molecule has 0 aliphatic rings. The molecule has 0 heterocycles. The van der Waals surface area contributed by atoms with Gasteiger partial charge in [0, 0.05) is 25.3 Å². The summed E-state index contributed by atoms with van der Waals surface area (Å²) in [6.07, 6.45) is 2.10. The number of halogens is 1. The molecule has 0 saturated carbocycles. The van der Waals surface area contributed by atoms with Gasteiger partial charge in [-0.15, -0.1) is 0 Å². The third kappa shape index (κ3) is 6.39. The average molecular weight is 286 g/mol. The molecule has 0 radical (unpaired) electrons. The highest BCUT2D eigenvalue weighted by Gasteiger charge is 2.13. The van der Waals surface area contributed by atoms with Crippen molar-refractivity contribution in [2.45, 2.75) is 18.8 Å². The van der Waals surface area contributed by atoms with Crippen LogP contribution in [0.2, 0.25) is 5.02 Å². The third-order valence-electron chi connectivity index (χ3n) is 3.07. The predicted octanol–water partition coefficient (Wildman–Crippen LogP) is 3.09. The monoisotopic (exact) mass is 285 g/mol. The van der Waals surface area contributed by atoms with Gasteiger partial charge in [0.15, 0.2) is 0 Å². The van der Waals surface area contributed by atoms with Gasteiger partial charge in [0.05, 0.1) is 13.2 Å². The van der Waals surface area contributed by atoms with Crippen LogP contribution in [-0.2, 0) is 9.47 Å². The molecule has 0 amide bonds. The maximum absolute atomic E-state index is 6.26. The molecule has 0 aliphatic heterocycles. The van der Waals surface area contributed by atoms with E-state index in [4.69, 9.17) is 21.1 Å². The topological polar surface area (TPSA) is 30.5 Å². The third-order valence-corrected chi connectivity index (χ3v) is 3.41. The minimum atomic E-state index is 0.435. The van der Waals surface area contributed by atoms with Crippen LogP contribution < -0.4 is 5.32 Å². The van der Waals surface area contributed by atoms with Crippen molar-refractivity contribution in [3.63, 3.8) is 0 Å². The molecule has 108 valence electrons. The van der Waals surface area contributed by atoms with Gasteiger partial charge in [-0.25, -0.2) is 0 Å². The van der Waals surface area contributed by atoms with Crippen molar-refractivity contribution in [3.05, 3.63) is 34.9 Å². The largest absolute Gasteiger partial charge is 0.382 e. The SMILES string of the molecule is CNCC(CCCOCCOC)c1ccccc1Cl. The van der Waals surface area contributed by atoms with Crippen molar-refractivity contribution >= 4 is 11.6 Å². The van der Waals surface area contributed by atoms with Crippen LogP contribution in [0.5, 0.6) is 0 Å². The predicted molar refractivity (Wildman–Crippen MR) is 80.0 cm³/mol. The van der Waals surface area contributed by atoms with Crippen molar-refractivity contribution in [3.8, 4) is 0 Å². The van der Waals surface area contributed by atoms with Crippen molar-refractivity contribution in [1.29, 1.82) is 0 Å². The van der Waals surface area contributed by atoms with Crippen molar-refractivity contribution < 1.29 is 9.47 Å².